The summed E-state index contributed by atoms with van der Waals surface area (Å²) in [5.41, 5.74) is 1.71. The van der Waals surface area contributed by atoms with E-state index >= 15 is 0 Å². The standard InChI is InChI=1S/C22H17NO4/c1-26-21(25)17-12-23(20(24)15-7-3-2-6-14(15)17)13-22-11-10-19(27-22)16-8-4-5-9-18(16)22/h2-12,19H,13H2,1H3. The minimum atomic E-state index is -0.694. The molecule has 2 aliphatic rings. The second-order valence-corrected chi connectivity index (χ2v) is 6.89. The number of pyridine rings is 1. The van der Waals surface area contributed by atoms with E-state index in [0.717, 1.165) is 11.1 Å². The molecule has 2 aliphatic heterocycles. The summed E-state index contributed by atoms with van der Waals surface area (Å²) in [6, 6.07) is 15.1. The van der Waals surface area contributed by atoms with Gasteiger partial charge in [-0.3, -0.25) is 4.79 Å². The van der Waals surface area contributed by atoms with E-state index < -0.39 is 11.6 Å². The van der Waals surface area contributed by atoms with Gasteiger partial charge in [0.05, 0.1) is 19.2 Å². The Balaban J connectivity index is 1.69. The molecular weight excluding hydrogens is 342 g/mol. The summed E-state index contributed by atoms with van der Waals surface area (Å²) in [6.07, 6.45) is 5.53. The number of aromatic nitrogens is 1. The summed E-state index contributed by atoms with van der Waals surface area (Å²) in [5, 5.41) is 1.08. The lowest BCUT2D eigenvalue weighted by Crippen LogP contribution is -2.34. The van der Waals surface area contributed by atoms with Crippen LogP contribution in [0.1, 0.15) is 27.6 Å². The Kier molecular flexibility index (Phi) is 3.36. The van der Waals surface area contributed by atoms with Gasteiger partial charge in [0.2, 0.25) is 0 Å². The lowest BCUT2D eigenvalue weighted by Gasteiger charge is -2.26. The monoisotopic (exact) mass is 359 g/mol. The van der Waals surface area contributed by atoms with E-state index in [9.17, 15) is 9.59 Å². The van der Waals surface area contributed by atoms with Gasteiger partial charge in [-0.05, 0) is 23.3 Å². The Bertz CT molecular complexity index is 1180. The molecule has 2 unspecified atom stereocenters. The molecule has 1 aromatic heterocycles. The second-order valence-electron chi connectivity index (χ2n) is 6.89. The zero-order chi connectivity index (χ0) is 18.6. The molecule has 5 nitrogen and oxygen atoms in total. The van der Waals surface area contributed by atoms with Crippen LogP contribution in [0.2, 0.25) is 0 Å². The van der Waals surface area contributed by atoms with Crippen molar-refractivity contribution in [3.63, 3.8) is 0 Å². The van der Waals surface area contributed by atoms with Gasteiger partial charge in [-0.1, -0.05) is 48.5 Å². The number of hydrogen-bond donors (Lipinski definition) is 0. The van der Waals surface area contributed by atoms with Gasteiger partial charge in [0.25, 0.3) is 5.56 Å². The molecule has 2 aromatic carbocycles. The highest BCUT2D eigenvalue weighted by Crippen LogP contribution is 2.50. The maximum absolute atomic E-state index is 13.1. The van der Waals surface area contributed by atoms with Gasteiger partial charge in [-0.2, -0.15) is 0 Å². The van der Waals surface area contributed by atoms with E-state index in [-0.39, 0.29) is 11.7 Å². The third kappa shape index (κ3) is 2.22. The molecule has 134 valence electrons. The summed E-state index contributed by atoms with van der Waals surface area (Å²) in [5.74, 6) is -0.468. The Morgan fingerprint density at radius 2 is 1.89 bits per heavy atom. The molecule has 2 bridgehead atoms. The summed E-state index contributed by atoms with van der Waals surface area (Å²) >= 11 is 0. The molecule has 0 spiro atoms. The quantitative estimate of drug-likeness (QED) is 0.532. The summed E-state index contributed by atoms with van der Waals surface area (Å²) < 4.78 is 12.7. The first kappa shape index (κ1) is 16.0. The van der Waals surface area contributed by atoms with E-state index in [2.05, 4.69) is 0 Å². The molecule has 0 radical (unpaired) electrons. The van der Waals surface area contributed by atoms with Crippen LogP contribution in [0.5, 0.6) is 0 Å². The molecule has 0 saturated carbocycles. The number of carbonyl (C=O) groups excluding carboxylic acids is 1. The van der Waals surface area contributed by atoms with Crippen molar-refractivity contribution < 1.29 is 14.3 Å². The normalized spacial score (nSPS) is 22.2. The highest BCUT2D eigenvalue weighted by Gasteiger charge is 2.47. The Labute approximate surface area is 155 Å². The summed E-state index contributed by atoms with van der Waals surface area (Å²) in [7, 11) is 1.34. The summed E-state index contributed by atoms with van der Waals surface area (Å²) in [4.78, 5) is 25.4. The van der Waals surface area contributed by atoms with Gasteiger partial charge in [-0.25, -0.2) is 4.79 Å². The molecule has 2 atom stereocenters. The van der Waals surface area contributed by atoms with Crippen molar-refractivity contribution in [1.29, 1.82) is 0 Å². The van der Waals surface area contributed by atoms with Crippen molar-refractivity contribution in [3.05, 3.63) is 93.9 Å². The average molecular weight is 359 g/mol. The second kappa shape index (κ2) is 5.66. The maximum atomic E-state index is 13.1. The lowest BCUT2D eigenvalue weighted by atomic mass is 9.87. The van der Waals surface area contributed by atoms with Crippen LogP contribution >= 0.6 is 0 Å². The number of esters is 1. The number of methoxy groups -OCH3 is 1. The first-order valence-corrected chi connectivity index (χ1v) is 8.80. The summed E-state index contributed by atoms with van der Waals surface area (Å²) in [6.45, 7) is 0.296. The molecule has 3 heterocycles. The minimum absolute atomic E-state index is 0.0857. The number of hydrogen-bond acceptors (Lipinski definition) is 4. The highest BCUT2D eigenvalue weighted by atomic mass is 16.5. The van der Waals surface area contributed by atoms with Crippen LogP contribution in [0.15, 0.2) is 71.7 Å². The number of ether oxygens (including phenoxy) is 2. The lowest BCUT2D eigenvalue weighted by molar-refractivity contribution is -0.0152. The fourth-order valence-electron chi connectivity index (χ4n) is 4.16. The molecular formula is C22H17NO4. The Morgan fingerprint density at radius 3 is 2.70 bits per heavy atom. The molecule has 0 aliphatic carbocycles. The van der Waals surface area contributed by atoms with Crippen LogP contribution in [0.4, 0.5) is 0 Å². The topological polar surface area (TPSA) is 57.5 Å². The van der Waals surface area contributed by atoms with Gasteiger partial charge in [0, 0.05) is 17.0 Å². The molecule has 27 heavy (non-hydrogen) atoms. The van der Waals surface area contributed by atoms with Crippen LogP contribution in [0.25, 0.3) is 10.8 Å². The molecule has 3 aromatic rings. The number of rotatable bonds is 3. The number of fused-ring (bicyclic) bond motifs is 6. The van der Waals surface area contributed by atoms with Gasteiger partial charge in [-0.15, -0.1) is 0 Å². The predicted octanol–water partition coefficient (Wildman–Crippen LogP) is 3.32. The number of nitrogens with zero attached hydrogens (tertiary/aromatic N) is 1. The maximum Gasteiger partial charge on any atom is 0.339 e. The molecule has 0 amide bonds. The highest BCUT2D eigenvalue weighted by molar-refractivity contribution is 6.03. The van der Waals surface area contributed by atoms with E-state index in [0.29, 0.717) is 22.9 Å². The molecule has 0 fully saturated rings. The van der Waals surface area contributed by atoms with Gasteiger partial charge >= 0.3 is 5.97 Å². The van der Waals surface area contributed by atoms with E-state index in [1.165, 1.54) is 7.11 Å². The third-order valence-corrected chi connectivity index (χ3v) is 5.40. The predicted molar refractivity (Wildman–Crippen MR) is 101 cm³/mol. The first-order chi connectivity index (χ1) is 13.1. The zero-order valence-corrected chi connectivity index (χ0v) is 14.7. The van der Waals surface area contributed by atoms with Crippen LogP contribution in [0, 0.1) is 0 Å². The van der Waals surface area contributed by atoms with Gasteiger partial charge in [0.1, 0.15) is 11.7 Å². The van der Waals surface area contributed by atoms with Crippen molar-refractivity contribution in [3.8, 4) is 0 Å². The van der Waals surface area contributed by atoms with E-state index in [1.54, 1.807) is 35.0 Å². The Morgan fingerprint density at radius 1 is 1.15 bits per heavy atom. The molecule has 5 rings (SSSR count). The Hall–Kier alpha value is -3.18. The fraction of sp³-hybridized carbons (Fsp3) is 0.182. The molecule has 5 heteroatoms. The number of benzene rings is 2. The van der Waals surface area contributed by atoms with Crippen LogP contribution < -0.4 is 5.56 Å². The number of carbonyl (C=O) groups is 1. The van der Waals surface area contributed by atoms with Gasteiger partial charge < -0.3 is 14.0 Å². The first-order valence-electron chi connectivity index (χ1n) is 8.80. The van der Waals surface area contributed by atoms with Crippen molar-refractivity contribution in [2.24, 2.45) is 0 Å². The average Bonchev–Trinajstić information content (AvgIpc) is 3.27. The fourth-order valence-corrected chi connectivity index (χ4v) is 4.16. The van der Waals surface area contributed by atoms with Crippen molar-refractivity contribution >= 4 is 16.7 Å². The molecule has 0 saturated heterocycles. The smallest absolute Gasteiger partial charge is 0.339 e. The van der Waals surface area contributed by atoms with Crippen LogP contribution in [-0.4, -0.2) is 17.6 Å². The van der Waals surface area contributed by atoms with Crippen molar-refractivity contribution in [2.75, 3.05) is 7.11 Å². The minimum Gasteiger partial charge on any atom is -0.465 e. The third-order valence-electron chi connectivity index (χ3n) is 5.40. The zero-order valence-electron chi connectivity index (χ0n) is 14.7. The van der Waals surface area contributed by atoms with Gasteiger partial charge in [0.15, 0.2) is 0 Å². The van der Waals surface area contributed by atoms with Crippen LogP contribution in [0.3, 0.4) is 0 Å². The van der Waals surface area contributed by atoms with Crippen molar-refractivity contribution in [1.82, 2.24) is 4.57 Å². The van der Waals surface area contributed by atoms with Crippen LogP contribution in [-0.2, 0) is 21.6 Å². The van der Waals surface area contributed by atoms with E-state index in [1.807, 2.05) is 36.4 Å². The van der Waals surface area contributed by atoms with Crippen molar-refractivity contribution in [2.45, 2.75) is 18.2 Å². The largest absolute Gasteiger partial charge is 0.465 e. The SMILES string of the molecule is COC(=O)c1cn(CC23C=CC(O2)c2ccccc23)c(=O)c2ccccc12. The van der Waals surface area contributed by atoms with E-state index in [4.69, 9.17) is 9.47 Å². The molecule has 0 N–H and O–H groups in total.